The van der Waals surface area contributed by atoms with Crippen molar-refractivity contribution < 1.29 is 17.6 Å². The first-order valence-corrected chi connectivity index (χ1v) is 10.2. The van der Waals surface area contributed by atoms with Crippen LogP contribution in [0.2, 0.25) is 0 Å². The molecular weight excluding hydrogens is 314 g/mol. The Bertz CT molecular complexity index is 633. The highest BCUT2D eigenvalue weighted by molar-refractivity contribution is 7.92. The van der Waals surface area contributed by atoms with Crippen LogP contribution in [0, 0.1) is 12.8 Å². The van der Waals surface area contributed by atoms with E-state index in [1.807, 2.05) is 32.9 Å². The molecule has 0 N–H and O–H groups in total. The SMILES string of the molecule is Cc1ccc([C@@H]2CCCCCN2C(=O)CS(=O)(=O)CC(C)C)o1. The quantitative estimate of drug-likeness (QED) is 0.825. The predicted octanol–water partition coefficient (Wildman–Crippen LogP) is 3.10. The summed E-state index contributed by atoms with van der Waals surface area (Å²) in [4.78, 5) is 14.4. The molecule has 23 heavy (non-hydrogen) atoms. The molecule has 5 nitrogen and oxygen atoms in total. The molecule has 2 heterocycles. The summed E-state index contributed by atoms with van der Waals surface area (Å²) in [6, 6.07) is 3.64. The van der Waals surface area contributed by atoms with E-state index in [2.05, 4.69) is 0 Å². The van der Waals surface area contributed by atoms with Crippen LogP contribution >= 0.6 is 0 Å². The zero-order valence-corrected chi connectivity index (χ0v) is 15.1. The number of carbonyl (C=O) groups excluding carboxylic acids is 1. The van der Waals surface area contributed by atoms with Crippen molar-refractivity contribution in [2.45, 2.75) is 52.5 Å². The average Bonchev–Trinajstić information content (AvgIpc) is 2.71. The summed E-state index contributed by atoms with van der Waals surface area (Å²) in [7, 11) is -3.36. The van der Waals surface area contributed by atoms with Crippen LogP contribution in [-0.4, -0.2) is 37.3 Å². The second-order valence-corrected chi connectivity index (χ2v) is 8.96. The Kier molecular flexibility index (Phi) is 5.89. The lowest BCUT2D eigenvalue weighted by atomic mass is 10.1. The largest absolute Gasteiger partial charge is 0.464 e. The second kappa shape index (κ2) is 7.51. The molecule has 0 radical (unpaired) electrons. The number of hydrogen-bond donors (Lipinski definition) is 0. The summed E-state index contributed by atoms with van der Waals surface area (Å²) in [6.45, 7) is 6.17. The fourth-order valence-corrected chi connectivity index (χ4v) is 4.85. The van der Waals surface area contributed by atoms with Crippen molar-refractivity contribution in [3.63, 3.8) is 0 Å². The van der Waals surface area contributed by atoms with Gasteiger partial charge in [0.25, 0.3) is 0 Å². The van der Waals surface area contributed by atoms with E-state index in [0.717, 1.165) is 37.2 Å². The first kappa shape index (κ1) is 18.0. The number of amides is 1. The van der Waals surface area contributed by atoms with Crippen LogP contribution in [0.15, 0.2) is 16.5 Å². The molecule has 0 spiro atoms. The third-order valence-corrected chi connectivity index (χ3v) is 5.95. The van der Waals surface area contributed by atoms with E-state index in [4.69, 9.17) is 4.42 Å². The highest BCUT2D eigenvalue weighted by atomic mass is 32.2. The normalized spacial score (nSPS) is 19.8. The van der Waals surface area contributed by atoms with Gasteiger partial charge in [0.2, 0.25) is 5.91 Å². The van der Waals surface area contributed by atoms with Crippen LogP contribution in [0.4, 0.5) is 0 Å². The first-order valence-electron chi connectivity index (χ1n) is 8.35. The van der Waals surface area contributed by atoms with Gasteiger partial charge in [0, 0.05) is 6.54 Å². The highest BCUT2D eigenvalue weighted by Gasteiger charge is 2.31. The van der Waals surface area contributed by atoms with Gasteiger partial charge < -0.3 is 9.32 Å². The van der Waals surface area contributed by atoms with Gasteiger partial charge in [-0.25, -0.2) is 8.42 Å². The third-order valence-electron chi connectivity index (χ3n) is 4.09. The van der Waals surface area contributed by atoms with Gasteiger partial charge in [-0.05, 0) is 37.8 Å². The van der Waals surface area contributed by atoms with Gasteiger partial charge >= 0.3 is 0 Å². The Morgan fingerprint density at radius 2 is 2.04 bits per heavy atom. The number of carbonyl (C=O) groups is 1. The molecule has 1 aliphatic rings. The number of rotatable bonds is 5. The number of furan rings is 1. The van der Waals surface area contributed by atoms with E-state index in [1.165, 1.54) is 0 Å². The zero-order chi connectivity index (χ0) is 17.0. The van der Waals surface area contributed by atoms with Crippen molar-refractivity contribution in [2.75, 3.05) is 18.1 Å². The molecule has 1 atom stereocenters. The maximum atomic E-state index is 12.6. The van der Waals surface area contributed by atoms with E-state index in [9.17, 15) is 13.2 Å². The molecule has 0 aliphatic carbocycles. The maximum Gasteiger partial charge on any atom is 0.238 e. The topological polar surface area (TPSA) is 67.6 Å². The minimum absolute atomic E-state index is 0.0282. The third kappa shape index (κ3) is 5.09. The van der Waals surface area contributed by atoms with Gasteiger partial charge in [-0.3, -0.25) is 4.79 Å². The van der Waals surface area contributed by atoms with Gasteiger partial charge in [-0.15, -0.1) is 0 Å². The van der Waals surface area contributed by atoms with E-state index >= 15 is 0 Å². The number of aryl methyl sites for hydroxylation is 1. The van der Waals surface area contributed by atoms with Crippen LogP contribution < -0.4 is 0 Å². The van der Waals surface area contributed by atoms with Crippen LogP contribution in [0.1, 0.15) is 57.1 Å². The Balaban J connectivity index is 2.17. The van der Waals surface area contributed by atoms with Gasteiger partial charge in [0.15, 0.2) is 9.84 Å². The van der Waals surface area contributed by atoms with Crippen molar-refractivity contribution in [2.24, 2.45) is 5.92 Å². The Labute approximate surface area is 139 Å². The Morgan fingerprint density at radius 3 is 2.65 bits per heavy atom. The molecule has 0 aromatic carbocycles. The number of hydrogen-bond acceptors (Lipinski definition) is 4. The van der Waals surface area contributed by atoms with Crippen LogP contribution in [0.3, 0.4) is 0 Å². The van der Waals surface area contributed by atoms with Gasteiger partial charge in [-0.2, -0.15) is 0 Å². The number of nitrogens with zero attached hydrogens (tertiary/aromatic N) is 1. The molecule has 1 aromatic rings. The molecule has 0 saturated carbocycles. The molecule has 2 rings (SSSR count). The molecule has 1 aliphatic heterocycles. The summed E-state index contributed by atoms with van der Waals surface area (Å²) < 4.78 is 30.0. The number of sulfone groups is 1. The lowest BCUT2D eigenvalue weighted by Crippen LogP contribution is -2.39. The van der Waals surface area contributed by atoms with Crippen molar-refractivity contribution in [1.29, 1.82) is 0 Å². The van der Waals surface area contributed by atoms with Crippen molar-refractivity contribution in [3.05, 3.63) is 23.7 Å². The molecule has 1 saturated heterocycles. The van der Waals surface area contributed by atoms with E-state index < -0.39 is 15.6 Å². The Hall–Kier alpha value is -1.30. The predicted molar refractivity (Wildman–Crippen MR) is 89.9 cm³/mol. The highest BCUT2D eigenvalue weighted by Crippen LogP contribution is 2.31. The molecule has 1 fully saturated rings. The number of likely N-dealkylation sites (tertiary alicyclic amines) is 1. The van der Waals surface area contributed by atoms with Crippen molar-refractivity contribution in [3.8, 4) is 0 Å². The van der Waals surface area contributed by atoms with Gasteiger partial charge in [0.05, 0.1) is 11.8 Å². The summed E-state index contributed by atoms with van der Waals surface area (Å²) in [6.07, 6.45) is 3.81. The molecular formula is C17H27NO4S. The average molecular weight is 341 g/mol. The summed E-state index contributed by atoms with van der Waals surface area (Å²) in [5, 5.41) is 0. The monoisotopic (exact) mass is 341 g/mol. The summed E-state index contributed by atoms with van der Waals surface area (Å²) in [5.41, 5.74) is 0. The molecule has 0 bridgehead atoms. The minimum Gasteiger partial charge on any atom is -0.464 e. The van der Waals surface area contributed by atoms with Crippen LogP contribution in [0.25, 0.3) is 0 Å². The van der Waals surface area contributed by atoms with E-state index in [-0.39, 0.29) is 23.6 Å². The fourth-order valence-electron chi connectivity index (χ4n) is 3.17. The van der Waals surface area contributed by atoms with Crippen molar-refractivity contribution in [1.82, 2.24) is 4.90 Å². The van der Waals surface area contributed by atoms with Gasteiger partial charge in [-0.1, -0.05) is 26.7 Å². The van der Waals surface area contributed by atoms with Crippen LogP contribution in [-0.2, 0) is 14.6 Å². The summed E-state index contributed by atoms with van der Waals surface area (Å²) in [5.74, 6) is 0.952. The van der Waals surface area contributed by atoms with E-state index in [1.54, 1.807) is 4.90 Å². The van der Waals surface area contributed by atoms with Crippen LogP contribution in [0.5, 0.6) is 0 Å². The standard InChI is InChI=1S/C17H27NO4S/c1-13(2)11-23(20,21)12-17(19)18-10-6-4-5-7-15(18)16-9-8-14(3)22-16/h8-9,13,15H,4-7,10-12H2,1-3H3/t15-/m0/s1. The molecule has 0 unspecified atom stereocenters. The molecule has 6 heteroatoms. The smallest absolute Gasteiger partial charge is 0.238 e. The second-order valence-electron chi connectivity index (χ2n) is 6.85. The van der Waals surface area contributed by atoms with E-state index in [0.29, 0.717) is 6.54 Å². The molecule has 1 aromatic heterocycles. The first-order chi connectivity index (χ1) is 10.8. The Morgan fingerprint density at radius 1 is 1.30 bits per heavy atom. The zero-order valence-electron chi connectivity index (χ0n) is 14.2. The molecule has 130 valence electrons. The lowest BCUT2D eigenvalue weighted by Gasteiger charge is -2.28. The van der Waals surface area contributed by atoms with Crippen molar-refractivity contribution >= 4 is 15.7 Å². The van der Waals surface area contributed by atoms with Gasteiger partial charge in [0.1, 0.15) is 17.3 Å². The minimum atomic E-state index is -3.36. The summed E-state index contributed by atoms with van der Waals surface area (Å²) >= 11 is 0. The molecule has 1 amide bonds. The maximum absolute atomic E-state index is 12.6. The lowest BCUT2D eigenvalue weighted by molar-refractivity contribution is -0.131. The fraction of sp³-hybridized carbons (Fsp3) is 0.706.